The zero-order valence-electron chi connectivity index (χ0n) is 8.07. The second-order valence-electron chi connectivity index (χ2n) is 3.32. The molecule has 0 N–H and O–H groups in total. The summed E-state index contributed by atoms with van der Waals surface area (Å²) in [6.07, 6.45) is 0.773. The maximum atomic E-state index is 11.6. The maximum Gasteiger partial charge on any atom is 0.328 e. The zero-order valence-corrected chi connectivity index (χ0v) is 8.97. The molecular formula is C8H14N2O2S. The molecule has 3 amide bonds. The van der Waals surface area contributed by atoms with Gasteiger partial charge in [0.1, 0.15) is 0 Å². The van der Waals surface area contributed by atoms with E-state index in [1.807, 2.05) is 6.92 Å². The Morgan fingerprint density at radius 3 is 2.31 bits per heavy atom. The van der Waals surface area contributed by atoms with E-state index in [2.05, 4.69) is 12.6 Å². The van der Waals surface area contributed by atoms with Crippen LogP contribution in [0, 0.1) is 0 Å². The third-order valence-corrected chi connectivity index (χ3v) is 2.76. The summed E-state index contributed by atoms with van der Waals surface area (Å²) in [7, 11) is 1.59. The first kappa shape index (κ1) is 10.4. The van der Waals surface area contributed by atoms with E-state index >= 15 is 0 Å². The molecule has 0 aromatic rings. The van der Waals surface area contributed by atoms with Crippen molar-refractivity contribution < 1.29 is 9.59 Å². The Morgan fingerprint density at radius 1 is 1.46 bits per heavy atom. The molecule has 1 saturated heterocycles. The average Bonchev–Trinajstić information content (AvgIpc) is 2.21. The van der Waals surface area contributed by atoms with Gasteiger partial charge in [-0.2, -0.15) is 0 Å². The fourth-order valence-electron chi connectivity index (χ4n) is 1.27. The molecule has 1 unspecified atom stereocenters. The summed E-state index contributed by atoms with van der Waals surface area (Å²) in [5.74, 6) is -0.231. The van der Waals surface area contributed by atoms with E-state index in [9.17, 15) is 9.59 Å². The molecule has 4 nitrogen and oxygen atoms in total. The normalized spacial score (nSPS) is 28.9. The topological polar surface area (TPSA) is 40.6 Å². The van der Waals surface area contributed by atoms with Gasteiger partial charge < -0.3 is 4.90 Å². The lowest BCUT2D eigenvalue weighted by molar-refractivity contribution is -0.128. The fourth-order valence-corrected chi connectivity index (χ4v) is 1.48. The summed E-state index contributed by atoms with van der Waals surface area (Å²) in [6, 6.07) is -0.260. The van der Waals surface area contributed by atoms with Crippen molar-refractivity contribution in [3.05, 3.63) is 0 Å². The number of thiol groups is 1. The number of imide groups is 1. The number of urea groups is 1. The van der Waals surface area contributed by atoms with Crippen LogP contribution in [0.4, 0.5) is 4.79 Å². The van der Waals surface area contributed by atoms with E-state index in [1.54, 1.807) is 14.0 Å². The monoisotopic (exact) mass is 202 g/mol. The maximum absolute atomic E-state index is 11.6. The molecule has 0 bridgehead atoms. The molecule has 1 aliphatic heterocycles. The molecule has 0 saturated carbocycles. The van der Waals surface area contributed by atoms with Crippen molar-refractivity contribution in [2.75, 3.05) is 13.6 Å². The van der Waals surface area contributed by atoms with E-state index in [1.165, 1.54) is 9.80 Å². The zero-order chi connectivity index (χ0) is 10.2. The molecule has 1 fully saturated rings. The van der Waals surface area contributed by atoms with E-state index in [4.69, 9.17) is 0 Å². The van der Waals surface area contributed by atoms with Crippen molar-refractivity contribution in [3.63, 3.8) is 0 Å². The molecule has 1 rings (SSSR count). The van der Waals surface area contributed by atoms with Crippen LogP contribution in [0.3, 0.4) is 0 Å². The number of amides is 3. The standard InChI is InChI=1S/C8H14N2O2S/c1-4-5-10-6(11)8(2,13)9(3)7(10)12/h13H,4-5H2,1-3H3. The van der Waals surface area contributed by atoms with Crippen molar-refractivity contribution in [1.29, 1.82) is 0 Å². The fraction of sp³-hybridized carbons (Fsp3) is 0.750. The summed E-state index contributed by atoms with van der Waals surface area (Å²) < 4.78 is 0. The molecule has 74 valence electrons. The van der Waals surface area contributed by atoms with Gasteiger partial charge in [-0.1, -0.05) is 6.92 Å². The van der Waals surface area contributed by atoms with Gasteiger partial charge in [-0.15, -0.1) is 12.6 Å². The number of hydrogen-bond acceptors (Lipinski definition) is 3. The molecule has 0 spiro atoms. The molecule has 13 heavy (non-hydrogen) atoms. The van der Waals surface area contributed by atoms with Crippen LogP contribution in [0.2, 0.25) is 0 Å². The van der Waals surface area contributed by atoms with Gasteiger partial charge in [0.05, 0.1) is 0 Å². The Morgan fingerprint density at radius 2 is 2.00 bits per heavy atom. The molecular weight excluding hydrogens is 188 g/mol. The van der Waals surface area contributed by atoms with Gasteiger partial charge in [-0.25, -0.2) is 4.79 Å². The van der Waals surface area contributed by atoms with Gasteiger partial charge >= 0.3 is 6.03 Å². The van der Waals surface area contributed by atoms with E-state index in [0.717, 1.165) is 6.42 Å². The van der Waals surface area contributed by atoms with Gasteiger partial charge in [0, 0.05) is 13.6 Å². The lowest BCUT2D eigenvalue weighted by Crippen LogP contribution is -2.39. The van der Waals surface area contributed by atoms with Gasteiger partial charge in [0.25, 0.3) is 5.91 Å². The van der Waals surface area contributed by atoms with Crippen molar-refractivity contribution in [3.8, 4) is 0 Å². The van der Waals surface area contributed by atoms with Crippen LogP contribution in [0.1, 0.15) is 20.3 Å². The molecule has 1 atom stereocenters. The van der Waals surface area contributed by atoms with Crippen LogP contribution >= 0.6 is 12.6 Å². The Bertz CT molecular complexity index is 253. The Kier molecular flexibility index (Phi) is 2.56. The van der Waals surface area contributed by atoms with Crippen molar-refractivity contribution in [1.82, 2.24) is 9.80 Å². The number of nitrogens with zero attached hydrogens (tertiary/aromatic N) is 2. The number of hydrogen-bond donors (Lipinski definition) is 1. The molecule has 1 heterocycles. The summed E-state index contributed by atoms with van der Waals surface area (Å²) in [5, 5.41) is 0. The average molecular weight is 202 g/mol. The van der Waals surface area contributed by atoms with Crippen LogP contribution in [0.5, 0.6) is 0 Å². The highest BCUT2D eigenvalue weighted by molar-refractivity contribution is 7.82. The molecule has 0 aromatic heterocycles. The minimum Gasteiger partial charge on any atom is -0.304 e. The van der Waals surface area contributed by atoms with Crippen LogP contribution in [0.15, 0.2) is 0 Å². The molecule has 0 aromatic carbocycles. The second-order valence-corrected chi connectivity index (χ2v) is 4.19. The highest BCUT2D eigenvalue weighted by Crippen LogP contribution is 2.29. The second kappa shape index (κ2) is 3.21. The minimum atomic E-state index is -0.980. The summed E-state index contributed by atoms with van der Waals surface area (Å²) in [5.41, 5.74) is 0. The summed E-state index contributed by atoms with van der Waals surface area (Å²) >= 11 is 4.16. The van der Waals surface area contributed by atoms with Crippen LogP contribution in [0.25, 0.3) is 0 Å². The van der Waals surface area contributed by atoms with Crippen molar-refractivity contribution in [2.45, 2.75) is 25.1 Å². The molecule has 0 aliphatic carbocycles. The number of likely N-dealkylation sites (N-methyl/N-ethyl adjacent to an activating group) is 1. The summed E-state index contributed by atoms with van der Waals surface area (Å²) in [4.78, 5) is 24.7. The third-order valence-electron chi connectivity index (χ3n) is 2.27. The lowest BCUT2D eigenvalue weighted by atomic mass is 10.3. The lowest BCUT2D eigenvalue weighted by Gasteiger charge is -2.21. The van der Waals surface area contributed by atoms with E-state index in [-0.39, 0.29) is 11.9 Å². The predicted molar refractivity (Wildman–Crippen MR) is 52.6 cm³/mol. The Balaban J connectivity index is 2.92. The number of carbonyl (C=O) groups excluding carboxylic acids is 2. The largest absolute Gasteiger partial charge is 0.328 e. The molecule has 0 radical (unpaired) electrons. The highest BCUT2D eigenvalue weighted by atomic mass is 32.1. The van der Waals surface area contributed by atoms with Crippen molar-refractivity contribution >= 4 is 24.6 Å². The molecule has 1 aliphatic rings. The van der Waals surface area contributed by atoms with Gasteiger partial charge in [-0.3, -0.25) is 9.69 Å². The Labute approximate surface area is 83.3 Å². The van der Waals surface area contributed by atoms with Crippen molar-refractivity contribution in [2.24, 2.45) is 0 Å². The summed E-state index contributed by atoms with van der Waals surface area (Å²) in [6.45, 7) is 4.03. The van der Waals surface area contributed by atoms with E-state index in [0.29, 0.717) is 6.54 Å². The van der Waals surface area contributed by atoms with Crippen LogP contribution < -0.4 is 0 Å². The van der Waals surface area contributed by atoms with Gasteiger partial charge in [0.2, 0.25) is 0 Å². The Hall–Kier alpha value is -0.710. The minimum absolute atomic E-state index is 0.231. The highest BCUT2D eigenvalue weighted by Gasteiger charge is 2.49. The first-order valence-electron chi connectivity index (χ1n) is 4.25. The number of carbonyl (C=O) groups is 2. The van der Waals surface area contributed by atoms with Crippen LogP contribution in [-0.2, 0) is 4.79 Å². The quantitative estimate of drug-likeness (QED) is 0.534. The SMILES string of the molecule is CCCN1C(=O)N(C)C(C)(S)C1=O. The predicted octanol–water partition coefficient (Wildman–Crippen LogP) is 0.936. The number of rotatable bonds is 2. The van der Waals surface area contributed by atoms with Crippen LogP contribution in [-0.4, -0.2) is 40.2 Å². The first-order chi connectivity index (χ1) is 5.92. The van der Waals surface area contributed by atoms with Gasteiger partial charge in [0.15, 0.2) is 4.87 Å². The smallest absolute Gasteiger partial charge is 0.304 e. The first-order valence-corrected chi connectivity index (χ1v) is 4.69. The van der Waals surface area contributed by atoms with Gasteiger partial charge in [-0.05, 0) is 13.3 Å². The molecule has 5 heteroatoms. The third kappa shape index (κ3) is 1.41. The van der Waals surface area contributed by atoms with E-state index < -0.39 is 4.87 Å².